The number of nitrogens with two attached hydrogens (primary N) is 1. The Morgan fingerprint density at radius 1 is 1.10 bits per heavy atom. The highest BCUT2D eigenvalue weighted by Crippen LogP contribution is 2.26. The third-order valence-electron chi connectivity index (χ3n) is 5.07. The molecule has 20 heavy (non-hydrogen) atoms. The van der Waals surface area contributed by atoms with Crippen molar-refractivity contribution in [3.05, 3.63) is 29.3 Å². The minimum Gasteiger partial charge on any atom is -0.369 e. The molecule has 0 radical (unpaired) electrons. The van der Waals surface area contributed by atoms with Gasteiger partial charge in [0.05, 0.1) is 0 Å². The first-order valence-electron chi connectivity index (χ1n) is 8.06. The molecule has 0 bridgehead atoms. The van der Waals surface area contributed by atoms with Crippen molar-refractivity contribution >= 4 is 5.69 Å². The highest BCUT2D eigenvalue weighted by molar-refractivity contribution is 5.51. The van der Waals surface area contributed by atoms with Crippen LogP contribution in [0, 0.1) is 6.92 Å². The molecule has 3 rings (SSSR count). The largest absolute Gasteiger partial charge is 0.369 e. The lowest BCUT2D eigenvalue weighted by atomic mass is 10.1. The average molecular weight is 273 g/mol. The maximum atomic E-state index is 5.75. The summed E-state index contributed by atoms with van der Waals surface area (Å²) in [6, 6.07) is 7.60. The Hall–Kier alpha value is -1.06. The van der Waals surface area contributed by atoms with Gasteiger partial charge in [-0.3, -0.25) is 4.90 Å². The normalized spacial score (nSPS) is 21.6. The van der Waals surface area contributed by atoms with Crippen LogP contribution in [0.3, 0.4) is 0 Å². The molecule has 2 aliphatic rings. The van der Waals surface area contributed by atoms with Crippen LogP contribution in [0.5, 0.6) is 0 Å². The van der Waals surface area contributed by atoms with E-state index in [2.05, 4.69) is 34.9 Å². The molecule has 0 spiro atoms. The maximum Gasteiger partial charge on any atom is 0.0369 e. The van der Waals surface area contributed by atoms with Crippen LogP contribution in [0.1, 0.15) is 36.8 Å². The van der Waals surface area contributed by atoms with E-state index in [4.69, 9.17) is 5.73 Å². The standard InChI is InChI=1S/C17H27N3/c1-14-12-17(7-6-15(14)13-18)20-10-8-19(9-11-20)16-4-2-3-5-16/h6-7,12,16H,2-5,8-11,13,18H2,1H3. The highest BCUT2D eigenvalue weighted by Gasteiger charge is 2.26. The van der Waals surface area contributed by atoms with Gasteiger partial charge in [0, 0.05) is 44.5 Å². The summed E-state index contributed by atoms with van der Waals surface area (Å²) >= 11 is 0. The quantitative estimate of drug-likeness (QED) is 0.918. The minimum atomic E-state index is 0.640. The van der Waals surface area contributed by atoms with E-state index in [0.29, 0.717) is 6.54 Å². The van der Waals surface area contributed by atoms with Crippen molar-refractivity contribution in [2.24, 2.45) is 5.73 Å². The summed E-state index contributed by atoms with van der Waals surface area (Å²) in [5.74, 6) is 0. The summed E-state index contributed by atoms with van der Waals surface area (Å²) in [5, 5.41) is 0. The molecule has 110 valence electrons. The Labute approximate surface area is 122 Å². The Bertz CT molecular complexity index is 444. The Morgan fingerprint density at radius 3 is 2.40 bits per heavy atom. The number of nitrogens with zero attached hydrogens (tertiary/aromatic N) is 2. The lowest BCUT2D eigenvalue weighted by Gasteiger charge is -2.39. The lowest BCUT2D eigenvalue weighted by Crippen LogP contribution is -2.49. The molecule has 1 saturated carbocycles. The van der Waals surface area contributed by atoms with Gasteiger partial charge in [-0.15, -0.1) is 0 Å². The Balaban J connectivity index is 1.61. The van der Waals surface area contributed by atoms with Gasteiger partial charge in [-0.1, -0.05) is 18.9 Å². The van der Waals surface area contributed by atoms with Crippen molar-refractivity contribution in [2.45, 2.75) is 45.2 Å². The molecule has 0 aromatic heterocycles. The van der Waals surface area contributed by atoms with E-state index in [1.807, 2.05) is 0 Å². The van der Waals surface area contributed by atoms with Crippen molar-refractivity contribution in [3.8, 4) is 0 Å². The second-order valence-corrected chi connectivity index (χ2v) is 6.28. The molecule has 1 heterocycles. The Morgan fingerprint density at radius 2 is 1.80 bits per heavy atom. The van der Waals surface area contributed by atoms with Gasteiger partial charge in [-0.2, -0.15) is 0 Å². The predicted octanol–water partition coefficient (Wildman–Crippen LogP) is 2.52. The van der Waals surface area contributed by atoms with Crippen molar-refractivity contribution in [3.63, 3.8) is 0 Å². The van der Waals surface area contributed by atoms with Gasteiger partial charge in [0.2, 0.25) is 0 Å². The molecule has 0 atom stereocenters. The van der Waals surface area contributed by atoms with Crippen LogP contribution in [0.2, 0.25) is 0 Å². The molecule has 0 unspecified atom stereocenters. The van der Waals surface area contributed by atoms with Crippen molar-refractivity contribution in [1.29, 1.82) is 0 Å². The van der Waals surface area contributed by atoms with Crippen molar-refractivity contribution in [2.75, 3.05) is 31.1 Å². The van der Waals surface area contributed by atoms with Crippen LogP contribution in [-0.2, 0) is 6.54 Å². The van der Waals surface area contributed by atoms with Gasteiger partial charge >= 0.3 is 0 Å². The number of aryl methyl sites for hydroxylation is 1. The third-order valence-corrected chi connectivity index (χ3v) is 5.07. The number of hydrogen-bond donors (Lipinski definition) is 1. The zero-order valence-corrected chi connectivity index (χ0v) is 12.6. The molecule has 1 aromatic rings. The predicted molar refractivity (Wildman–Crippen MR) is 85.1 cm³/mol. The SMILES string of the molecule is Cc1cc(N2CCN(C3CCCC3)CC2)ccc1CN. The fourth-order valence-corrected chi connectivity index (χ4v) is 3.72. The highest BCUT2D eigenvalue weighted by atomic mass is 15.3. The van der Waals surface area contributed by atoms with Crippen LogP contribution in [0.15, 0.2) is 18.2 Å². The summed E-state index contributed by atoms with van der Waals surface area (Å²) in [4.78, 5) is 5.24. The molecule has 0 amide bonds. The third kappa shape index (κ3) is 2.84. The van der Waals surface area contributed by atoms with Gasteiger partial charge in [0.15, 0.2) is 0 Å². The van der Waals surface area contributed by atoms with Crippen LogP contribution >= 0.6 is 0 Å². The van der Waals surface area contributed by atoms with Crippen molar-refractivity contribution in [1.82, 2.24) is 4.90 Å². The second-order valence-electron chi connectivity index (χ2n) is 6.28. The second kappa shape index (κ2) is 6.15. The molecule has 1 aliphatic carbocycles. The van der Waals surface area contributed by atoms with E-state index >= 15 is 0 Å². The molecule has 2 fully saturated rings. The fraction of sp³-hybridized carbons (Fsp3) is 0.647. The molecule has 3 heteroatoms. The van der Waals surface area contributed by atoms with Gasteiger partial charge in [-0.05, 0) is 43.0 Å². The molecular weight excluding hydrogens is 246 g/mol. The van der Waals surface area contributed by atoms with E-state index < -0.39 is 0 Å². The topological polar surface area (TPSA) is 32.5 Å². The summed E-state index contributed by atoms with van der Waals surface area (Å²) in [7, 11) is 0. The molecule has 1 saturated heterocycles. The van der Waals surface area contributed by atoms with Gasteiger partial charge < -0.3 is 10.6 Å². The molecule has 1 aromatic carbocycles. The summed E-state index contributed by atoms with van der Waals surface area (Å²) in [5.41, 5.74) is 9.70. The fourth-order valence-electron chi connectivity index (χ4n) is 3.72. The van der Waals surface area contributed by atoms with Gasteiger partial charge in [-0.25, -0.2) is 0 Å². The first-order chi connectivity index (χ1) is 9.78. The monoisotopic (exact) mass is 273 g/mol. The van der Waals surface area contributed by atoms with E-state index in [1.54, 1.807) is 0 Å². The molecule has 3 nitrogen and oxygen atoms in total. The smallest absolute Gasteiger partial charge is 0.0369 e. The maximum absolute atomic E-state index is 5.75. The number of piperazine rings is 1. The number of rotatable bonds is 3. The van der Waals surface area contributed by atoms with E-state index in [1.165, 1.54) is 55.6 Å². The van der Waals surface area contributed by atoms with Crippen LogP contribution < -0.4 is 10.6 Å². The minimum absolute atomic E-state index is 0.640. The number of hydrogen-bond acceptors (Lipinski definition) is 3. The van der Waals surface area contributed by atoms with E-state index in [0.717, 1.165) is 19.1 Å². The lowest BCUT2D eigenvalue weighted by molar-refractivity contribution is 0.187. The first-order valence-corrected chi connectivity index (χ1v) is 8.06. The summed E-state index contributed by atoms with van der Waals surface area (Å²) < 4.78 is 0. The summed E-state index contributed by atoms with van der Waals surface area (Å²) in [6.45, 7) is 7.59. The first kappa shape index (κ1) is 13.9. The average Bonchev–Trinajstić information content (AvgIpc) is 3.01. The Kier molecular flexibility index (Phi) is 4.27. The molecule has 1 aliphatic heterocycles. The zero-order valence-electron chi connectivity index (χ0n) is 12.6. The molecule has 2 N–H and O–H groups in total. The van der Waals surface area contributed by atoms with Crippen LogP contribution in [0.25, 0.3) is 0 Å². The van der Waals surface area contributed by atoms with Crippen LogP contribution in [-0.4, -0.2) is 37.1 Å². The van der Waals surface area contributed by atoms with Crippen molar-refractivity contribution < 1.29 is 0 Å². The number of benzene rings is 1. The zero-order chi connectivity index (χ0) is 13.9. The van der Waals surface area contributed by atoms with Gasteiger partial charge in [0.25, 0.3) is 0 Å². The van der Waals surface area contributed by atoms with E-state index in [9.17, 15) is 0 Å². The summed E-state index contributed by atoms with van der Waals surface area (Å²) in [6.07, 6.45) is 5.71. The van der Waals surface area contributed by atoms with Gasteiger partial charge in [0.1, 0.15) is 0 Å². The van der Waals surface area contributed by atoms with E-state index in [-0.39, 0.29) is 0 Å². The molecular formula is C17H27N3. The number of anilines is 1. The van der Waals surface area contributed by atoms with Crippen LogP contribution in [0.4, 0.5) is 5.69 Å².